The summed E-state index contributed by atoms with van der Waals surface area (Å²) in [6, 6.07) is 11.7. The number of esters is 1. The number of carbonyl (C=O) groups is 2. The topological polar surface area (TPSA) is 63.6 Å². The molecule has 0 saturated carbocycles. The van der Waals surface area contributed by atoms with Crippen LogP contribution in [0.4, 0.5) is 0 Å². The Labute approximate surface area is 140 Å². The van der Waals surface area contributed by atoms with Crippen molar-refractivity contribution in [3.8, 4) is 5.75 Å². The van der Waals surface area contributed by atoms with E-state index in [9.17, 15) is 9.59 Å². The van der Waals surface area contributed by atoms with Crippen LogP contribution in [-0.2, 0) is 11.2 Å². The van der Waals surface area contributed by atoms with Gasteiger partial charge >= 0.3 is 11.9 Å². The fourth-order valence-electron chi connectivity index (χ4n) is 1.87. The molecule has 0 radical (unpaired) electrons. The summed E-state index contributed by atoms with van der Waals surface area (Å²) in [5, 5.41) is 9.71. The number of rotatable bonds is 5. The van der Waals surface area contributed by atoms with Crippen LogP contribution in [0.5, 0.6) is 5.75 Å². The maximum Gasteiger partial charge on any atom is 0.339 e. The minimum atomic E-state index is -1.16. The molecule has 0 aliphatic rings. The van der Waals surface area contributed by atoms with Crippen LogP contribution < -0.4 is 4.74 Å². The van der Waals surface area contributed by atoms with Crippen molar-refractivity contribution in [2.45, 2.75) is 12.8 Å². The predicted octanol–water partition coefficient (Wildman–Crippen LogP) is 4.34. The van der Waals surface area contributed by atoms with Gasteiger partial charge in [-0.25, -0.2) is 4.79 Å². The normalized spacial score (nSPS) is 10.3. The van der Waals surface area contributed by atoms with E-state index in [0.717, 1.165) is 5.56 Å². The molecule has 22 heavy (non-hydrogen) atoms. The van der Waals surface area contributed by atoms with Gasteiger partial charge in [-0.15, -0.1) is 0 Å². The number of hydrogen-bond acceptors (Lipinski definition) is 3. The summed E-state index contributed by atoms with van der Waals surface area (Å²) in [7, 11) is 0. The summed E-state index contributed by atoms with van der Waals surface area (Å²) in [6.07, 6.45) is 0.538. The van der Waals surface area contributed by atoms with Gasteiger partial charge in [0.25, 0.3) is 0 Å². The largest absolute Gasteiger partial charge is 0.478 e. The van der Waals surface area contributed by atoms with Crippen molar-refractivity contribution in [3.63, 3.8) is 0 Å². The molecule has 0 bridgehead atoms. The first-order chi connectivity index (χ1) is 10.5. The van der Waals surface area contributed by atoms with Gasteiger partial charge in [0.05, 0.1) is 6.42 Å². The number of benzene rings is 2. The van der Waals surface area contributed by atoms with Crippen LogP contribution in [0.2, 0.25) is 5.02 Å². The smallest absolute Gasteiger partial charge is 0.339 e. The van der Waals surface area contributed by atoms with Crippen molar-refractivity contribution in [1.82, 2.24) is 0 Å². The SMILES string of the molecule is O=C(CCc1ccccc1Cl)Oc1ccc(Br)cc1C(=O)O. The van der Waals surface area contributed by atoms with Gasteiger partial charge in [0.1, 0.15) is 11.3 Å². The number of carboxylic acids is 1. The van der Waals surface area contributed by atoms with Crippen molar-refractivity contribution in [2.24, 2.45) is 0 Å². The Morgan fingerprint density at radius 1 is 1.18 bits per heavy atom. The quantitative estimate of drug-likeness (QED) is 0.616. The second-order valence-corrected chi connectivity index (χ2v) is 5.83. The van der Waals surface area contributed by atoms with Crippen LogP contribution in [0, 0.1) is 0 Å². The molecule has 0 unspecified atom stereocenters. The maximum absolute atomic E-state index is 11.9. The molecule has 1 N–H and O–H groups in total. The van der Waals surface area contributed by atoms with E-state index < -0.39 is 11.9 Å². The lowest BCUT2D eigenvalue weighted by Gasteiger charge is -2.08. The molecule has 0 fully saturated rings. The Balaban J connectivity index is 2.04. The molecule has 114 valence electrons. The van der Waals surface area contributed by atoms with Crippen LogP contribution in [0.25, 0.3) is 0 Å². The van der Waals surface area contributed by atoms with Gasteiger partial charge < -0.3 is 9.84 Å². The summed E-state index contributed by atoms with van der Waals surface area (Å²) in [4.78, 5) is 23.0. The van der Waals surface area contributed by atoms with Crippen molar-refractivity contribution in [1.29, 1.82) is 0 Å². The molecule has 0 aliphatic heterocycles. The highest BCUT2D eigenvalue weighted by Crippen LogP contribution is 2.24. The first kappa shape index (κ1) is 16.5. The number of halogens is 2. The molecule has 0 aliphatic carbocycles. The Hall–Kier alpha value is -1.85. The zero-order valence-electron chi connectivity index (χ0n) is 11.4. The second kappa shape index (κ2) is 7.42. The number of ether oxygens (including phenoxy) is 1. The third-order valence-electron chi connectivity index (χ3n) is 2.95. The third kappa shape index (κ3) is 4.32. The summed E-state index contributed by atoms with van der Waals surface area (Å²) >= 11 is 9.20. The summed E-state index contributed by atoms with van der Waals surface area (Å²) < 4.78 is 5.74. The Morgan fingerprint density at radius 2 is 1.91 bits per heavy atom. The first-order valence-corrected chi connectivity index (χ1v) is 7.61. The van der Waals surface area contributed by atoms with E-state index in [1.807, 2.05) is 18.2 Å². The van der Waals surface area contributed by atoms with E-state index in [1.165, 1.54) is 12.1 Å². The minimum Gasteiger partial charge on any atom is -0.478 e. The summed E-state index contributed by atoms with van der Waals surface area (Å²) in [6.45, 7) is 0. The molecular weight excluding hydrogens is 372 g/mol. The predicted molar refractivity (Wildman–Crippen MR) is 86.5 cm³/mol. The van der Waals surface area contributed by atoms with Crippen LogP contribution in [0.15, 0.2) is 46.9 Å². The number of carboxylic acid groups (broad SMARTS) is 1. The Bertz CT molecular complexity index is 715. The molecule has 2 aromatic carbocycles. The monoisotopic (exact) mass is 382 g/mol. The Kier molecular flexibility index (Phi) is 5.57. The number of aryl methyl sites for hydroxylation is 1. The van der Waals surface area contributed by atoms with Crippen LogP contribution in [0.3, 0.4) is 0 Å². The van der Waals surface area contributed by atoms with Gasteiger partial charge in [-0.1, -0.05) is 45.7 Å². The molecule has 4 nitrogen and oxygen atoms in total. The standard InChI is InChI=1S/C16H12BrClO4/c17-11-6-7-14(12(9-11)16(20)21)22-15(19)8-5-10-3-1-2-4-13(10)18/h1-4,6-7,9H,5,8H2,(H,20,21). The molecule has 0 heterocycles. The maximum atomic E-state index is 11.9. The molecule has 2 aromatic rings. The van der Waals surface area contributed by atoms with E-state index in [2.05, 4.69) is 15.9 Å². The number of carbonyl (C=O) groups excluding carboxylic acids is 1. The van der Waals surface area contributed by atoms with Crippen LogP contribution in [-0.4, -0.2) is 17.0 Å². The first-order valence-electron chi connectivity index (χ1n) is 6.44. The molecule has 2 rings (SSSR count). The number of aromatic carboxylic acids is 1. The summed E-state index contributed by atoms with van der Waals surface area (Å²) in [5.41, 5.74) is 0.774. The van der Waals surface area contributed by atoms with Crippen molar-refractivity contribution in [3.05, 3.63) is 63.1 Å². The number of hydrogen-bond donors (Lipinski definition) is 1. The average Bonchev–Trinajstić information content (AvgIpc) is 2.48. The van der Waals surface area contributed by atoms with Gasteiger partial charge in [0, 0.05) is 9.50 Å². The fourth-order valence-corrected chi connectivity index (χ4v) is 2.46. The average molecular weight is 384 g/mol. The van der Waals surface area contributed by atoms with E-state index in [0.29, 0.717) is 15.9 Å². The molecule has 6 heteroatoms. The van der Waals surface area contributed by atoms with Crippen LogP contribution in [0.1, 0.15) is 22.3 Å². The van der Waals surface area contributed by atoms with Gasteiger partial charge in [0.2, 0.25) is 0 Å². The second-order valence-electron chi connectivity index (χ2n) is 4.51. The highest BCUT2D eigenvalue weighted by atomic mass is 79.9. The third-order valence-corrected chi connectivity index (χ3v) is 3.81. The highest BCUT2D eigenvalue weighted by Gasteiger charge is 2.15. The molecular formula is C16H12BrClO4. The molecule has 0 saturated heterocycles. The minimum absolute atomic E-state index is 0.0276. The van der Waals surface area contributed by atoms with E-state index in [4.69, 9.17) is 21.4 Å². The van der Waals surface area contributed by atoms with Crippen molar-refractivity contribution >= 4 is 39.5 Å². The van der Waals surface area contributed by atoms with Crippen LogP contribution >= 0.6 is 27.5 Å². The van der Waals surface area contributed by atoms with Gasteiger partial charge in [-0.05, 0) is 36.2 Å². The fraction of sp³-hybridized carbons (Fsp3) is 0.125. The lowest BCUT2D eigenvalue weighted by atomic mass is 10.1. The molecule has 0 spiro atoms. The zero-order chi connectivity index (χ0) is 16.1. The van der Waals surface area contributed by atoms with E-state index in [1.54, 1.807) is 12.1 Å². The molecule has 0 atom stereocenters. The van der Waals surface area contributed by atoms with Gasteiger partial charge in [0.15, 0.2) is 0 Å². The summed E-state index contributed by atoms with van der Waals surface area (Å²) in [5.74, 6) is -1.64. The molecule has 0 amide bonds. The van der Waals surface area contributed by atoms with Gasteiger partial charge in [-0.3, -0.25) is 4.79 Å². The van der Waals surface area contributed by atoms with Crippen molar-refractivity contribution in [2.75, 3.05) is 0 Å². The van der Waals surface area contributed by atoms with Crippen molar-refractivity contribution < 1.29 is 19.4 Å². The lowest BCUT2D eigenvalue weighted by molar-refractivity contribution is -0.134. The van der Waals surface area contributed by atoms with E-state index in [-0.39, 0.29) is 17.7 Å². The zero-order valence-corrected chi connectivity index (χ0v) is 13.7. The van der Waals surface area contributed by atoms with E-state index >= 15 is 0 Å². The highest BCUT2D eigenvalue weighted by molar-refractivity contribution is 9.10. The Morgan fingerprint density at radius 3 is 2.59 bits per heavy atom. The molecule has 0 aromatic heterocycles. The van der Waals surface area contributed by atoms with Gasteiger partial charge in [-0.2, -0.15) is 0 Å². The lowest BCUT2D eigenvalue weighted by Crippen LogP contribution is -2.12.